The molecule has 2 aromatic carbocycles. The third-order valence-electron chi connectivity index (χ3n) is 3.75. The summed E-state index contributed by atoms with van der Waals surface area (Å²) in [7, 11) is 0. The minimum absolute atomic E-state index is 0.0365. The van der Waals surface area contributed by atoms with E-state index in [4.69, 9.17) is 8.94 Å². The van der Waals surface area contributed by atoms with Crippen LogP contribution in [0.1, 0.15) is 5.56 Å². The largest absolute Gasteiger partial charge is 0.422 e. The smallest absolute Gasteiger partial charge is 0.416 e. The predicted octanol–water partition coefficient (Wildman–Crippen LogP) is 4.53. The first-order valence-corrected chi connectivity index (χ1v) is 7.46. The highest BCUT2D eigenvalue weighted by molar-refractivity contribution is 5.80. The number of benzene rings is 2. The van der Waals surface area contributed by atoms with Crippen LogP contribution in [-0.2, 0) is 6.18 Å². The number of aromatic nitrogens is 2. The van der Waals surface area contributed by atoms with Crippen molar-refractivity contribution in [2.45, 2.75) is 6.18 Å². The zero-order chi connectivity index (χ0) is 18.3. The van der Waals surface area contributed by atoms with Crippen LogP contribution < -0.4 is 5.63 Å². The second-order valence-corrected chi connectivity index (χ2v) is 5.49. The molecule has 0 aliphatic rings. The van der Waals surface area contributed by atoms with E-state index in [9.17, 15) is 18.0 Å². The van der Waals surface area contributed by atoms with Gasteiger partial charge in [0.25, 0.3) is 5.89 Å². The molecule has 0 bridgehead atoms. The molecule has 0 atom stereocenters. The molecule has 0 unspecified atom stereocenters. The molecule has 0 saturated carbocycles. The fourth-order valence-electron chi connectivity index (χ4n) is 2.50. The van der Waals surface area contributed by atoms with Crippen LogP contribution in [0.25, 0.3) is 33.8 Å². The average molecular weight is 358 g/mol. The molecule has 0 amide bonds. The number of nitrogens with zero attached hydrogens (tertiary/aromatic N) is 2. The summed E-state index contributed by atoms with van der Waals surface area (Å²) >= 11 is 0. The van der Waals surface area contributed by atoms with Gasteiger partial charge in [0, 0.05) is 10.9 Å². The van der Waals surface area contributed by atoms with Crippen molar-refractivity contribution in [3.05, 3.63) is 70.6 Å². The van der Waals surface area contributed by atoms with Crippen molar-refractivity contribution in [2.24, 2.45) is 0 Å². The summed E-state index contributed by atoms with van der Waals surface area (Å²) in [6, 6.07) is 12.9. The Morgan fingerprint density at radius 3 is 2.58 bits per heavy atom. The predicted molar refractivity (Wildman–Crippen MR) is 86.2 cm³/mol. The van der Waals surface area contributed by atoms with E-state index >= 15 is 0 Å². The summed E-state index contributed by atoms with van der Waals surface area (Å²) in [5, 5.41) is 4.33. The van der Waals surface area contributed by atoms with Crippen molar-refractivity contribution in [2.75, 3.05) is 0 Å². The van der Waals surface area contributed by atoms with Gasteiger partial charge in [-0.05, 0) is 24.3 Å². The lowest BCUT2D eigenvalue weighted by atomic mass is 10.1. The molecule has 2 aromatic heterocycles. The third-order valence-corrected chi connectivity index (χ3v) is 3.75. The number of hydrogen-bond donors (Lipinski definition) is 0. The molecular weight excluding hydrogens is 349 g/mol. The fraction of sp³-hybridized carbons (Fsp3) is 0.0556. The van der Waals surface area contributed by atoms with Crippen LogP contribution in [0.2, 0.25) is 0 Å². The molecule has 4 aromatic rings. The van der Waals surface area contributed by atoms with Gasteiger partial charge in [-0.25, -0.2) is 4.79 Å². The van der Waals surface area contributed by atoms with Crippen molar-refractivity contribution in [1.29, 1.82) is 0 Å². The van der Waals surface area contributed by atoms with Gasteiger partial charge >= 0.3 is 11.8 Å². The van der Waals surface area contributed by atoms with E-state index in [1.807, 2.05) is 0 Å². The van der Waals surface area contributed by atoms with Crippen LogP contribution in [0.4, 0.5) is 13.2 Å². The molecule has 0 fully saturated rings. The van der Waals surface area contributed by atoms with E-state index in [0.717, 1.165) is 12.1 Å². The molecule has 0 aliphatic carbocycles. The first-order valence-electron chi connectivity index (χ1n) is 7.46. The first kappa shape index (κ1) is 16.1. The maximum Gasteiger partial charge on any atom is 0.416 e. The Kier molecular flexibility index (Phi) is 3.61. The Hall–Kier alpha value is -3.42. The standard InChI is InChI=1S/C18H9F3N2O3/c19-18(20,21)12-6-3-5-11(8-12)15-22-16(26-23-15)13-9-10-4-1-2-7-14(10)25-17(13)24/h1-9H. The van der Waals surface area contributed by atoms with Crippen LogP contribution in [0.5, 0.6) is 0 Å². The number of fused-ring (bicyclic) bond motifs is 1. The van der Waals surface area contributed by atoms with E-state index in [1.165, 1.54) is 18.2 Å². The molecular formula is C18H9F3N2O3. The van der Waals surface area contributed by atoms with Gasteiger partial charge in [-0.1, -0.05) is 35.5 Å². The normalized spacial score (nSPS) is 11.8. The highest BCUT2D eigenvalue weighted by atomic mass is 19.4. The Balaban J connectivity index is 1.78. The van der Waals surface area contributed by atoms with Crippen molar-refractivity contribution in [3.63, 3.8) is 0 Å². The van der Waals surface area contributed by atoms with Crippen LogP contribution in [0, 0.1) is 0 Å². The number of para-hydroxylation sites is 1. The Bertz CT molecular complexity index is 1160. The van der Waals surface area contributed by atoms with Gasteiger partial charge in [-0.3, -0.25) is 0 Å². The van der Waals surface area contributed by atoms with Crippen molar-refractivity contribution >= 4 is 11.0 Å². The van der Waals surface area contributed by atoms with Gasteiger partial charge in [0.2, 0.25) is 5.82 Å². The number of rotatable bonds is 2. The Morgan fingerprint density at radius 2 is 1.77 bits per heavy atom. The molecule has 130 valence electrons. The third kappa shape index (κ3) is 2.85. The Morgan fingerprint density at radius 1 is 0.962 bits per heavy atom. The number of hydrogen-bond acceptors (Lipinski definition) is 5. The van der Waals surface area contributed by atoms with Gasteiger partial charge < -0.3 is 8.94 Å². The Labute approximate surface area is 143 Å². The fourth-order valence-corrected chi connectivity index (χ4v) is 2.50. The SMILES string of the molecule is O=c1oc2ccccc2cc1-c1nc(-c2cccc(C(F)(F)F)c2)no1. The van der Waals surface area contributed by atoms with E-state index in [0.29, 0.717) is 11.0 Å². The highest BCUT2D eigenvalue weighted by Crippen LogP contribution is 2.32. The maximum atomic E-state index is 12.8. The molecule has 8 heteroatoms. The van der Waals surface area contributed by atoms with Crippen LogP contribution in [0.15, 0.2) is 68.3 Å². The van der Waals surface area contributed by atoms with Gasteiger partial charge in [-0.2, -0.15) is 18.2 Å². The van der Waals surface area contributed by atoms with Crippen LogP contribution >= 0.6 is 0 Å². The lowest BCUT2D eigenvalue weighted by molar-refractivity contribution is -0.137. The van der Waals surface area contributed by atoms with E-state index < -0.39 is 17.4 Å². The second kappa shape index (κ2) is 5.83. The summed E-state index contributed by atoms with van der Waals surface area (Å²) in [6.45, 7) is 0. The van der Waals surface area contributed by atoms with Crippen molar-refractivity contribution in [3.8, 4) is 22.8 Å². The molecule has 2 heterocycles. The quantitative estimate of drug-likeness (QED) is 0.493. The highest BCUT2D eigenvalue weighted by Gasteiger charge is 2.30. The zero-order valence-corrected chi connectivity index (χ0v) is 12.9. The minimum Gasteiger partial charge on any atom is -0.422 e. The maximum absolute atomic E-state index is 12.8. The molecule has 0 aliphatic heterocycles. The monoisotopic (exact) mass is 358 g/mol. The van der Waals surface area contributed by atoms with Gasteiger partial charge in [-0.15, -0.1) is 0 Å². The summed E-state index contributed by atoms with van der Waals surface area (Å²) in [6.07, 6.45) is -4.48. The molecule has 4 rings (SSSR count). The lowest BCUT2D eigenvalue weighted by Crippen LogP contribution is -2.04. The van der Waals surface area contributed by atoms with Crippen LogP contribution in [0.3, 0.4) is 0 Å². The summed E-state index contributed by atoms with van der Waals surface area (Å²) in [5.74, 6) is -0.185. The second-order valence-electron chi connectivity index (χ2n) is 5.49. The van der Waals surface area contributed by atoms with Gasteiger partial charge in [0.1, 0.15) is 11.1 Å². The number of alkyl halides is 3. The summed E-state index contributed by atoms with van der Waals surface area (Å²) in [4.78, 5) is 16.2. The molecule has 26 heavy (non-hydrogen) atoms. The zero-order valence-electron chi connectivity index (χ0n) is 12.9. The first-order chi connectivity index (χ1) is 12.4. The van der Waals surface area contributed by atoms with Crippen molar-refractivity contribution < 1.29 is 22.1 Å². The minimum atomic E-state index is -4.48. The van der Waals surface area contributed by atoms with Crippen molar-refractivity contribution in [1.82, 2.24) is 10.1 Å². The average Bonchev–Trinajstić information content (AvgIpc) is 3.10. The molecule has 0 spiro atoms. The lowest BCUT2D eigenvalue weighted by Gasteiger charge is -2.06. The molecule has 5 nitrogen and oxygen atoms in total. The molecule has 0 saturated heterocycles. The number of halogens is 3. The van der Waals surface area contributed by atoms with E-state index in [2.05, 4.69) is 10.1 Å². The van der Waals surface area contributed by atoms with Crippen LogP contribution in [-0.4, -0.2) is 10.1 Å². The molecule has 0 N–H and O–H groups in total. The van der Waals surface area contributed by atoms with E-state index in [-0.39, 0.29) is 22.8 Å². The topological polar surface area (TPSA) is 69.1 Å². The summed E-state index contributed by atoms with van der Waals surface area (Å²) in [5.41, 5.74) is -0.942. The van der Waals surface area contributed by atoms with E-state index in [1.54, 1.807) is 24.3 Å². The van der Waals surface area contributed by atoms with Gasteiger partial charge in [0.05, 0.1) is 5.56 Å². The summed E-state index contributed by atoms with van der Waals surface area (Å²) < 4.78 is 48.8. The molecule has 0 radical (unpaired) electrons. The van der Waals surface area contributed by atoms with Gasteiger partial charge in [0.15, 0.2) is 0 Å².